The molecule has 0 spiro atoms. The number of halogens is 3. The highest BCUT2D eigenvalue weighted by Gasteiger charge is 2.30. The summed E-state index contributed by atoms with van der Waals surface area (Å²) in [5.41, 5.74) is 4.25. The number of carbonyl (C=O) groups is 1. The standard InChI is InChI=1S/C10H10F3NO4S/c1-19(17,18)9-6(11)2-4(7(12)8(9)13)5(3-14)10(15)16/h2,5H,3,14H2,1H3,(H,15,16). The molecule has 9 heteroatoms. The quantitative estimate of drug-likeness (QED) is 0.795. The fourth-order valence-electron chi connectivity index (χ4n) is 1.55. The van der Waals surface area contributed by atoms with E-state index >= 15 is 0 Å². The zero-order valence-corrected chi connectivity index (χ0v) is 10.5. The van der Waals surface area contributed by atoms with E-state index in [9.17, 15) is 26.4 Å². The van der Waals surface area contributed by atoms with Crippen LogP contribution < -0.4 is 5.73 Å². The molecular formula is C10H10F3NO4S. The van der Waals surface area contributed by atoms with E-state index in [-0.39, 0.29) is 0 Å². The largest absolute Gasteiger partial charge is 0.481 e. The number of carboxylic acid groups (broad SMARTS) is 1. The zero-order valence-electron chi connectivity index (χ0n) is 9.65. The fourth-order valence-corrected chi connectivity index (χ4v) is 2.38. The van der Waals surface area contributed by atoms with E-state index in [1.165, 1.54) is 0 Å². The summed E-state index contributed by atoms with van der Waals surface area (Å²) < 4.78 is 63.0. The summed E-state index contributed by atoms with van der Waals surface area (Å²) in [4.78, 5) is 9.34. The summed E-state index contributed by atoms with van der Waals surface area (Å²) in [6.07, 6.45) is 0.505. The first-order valence-electron chi connectivity index (χ1n) is 4.91. The van der Waals surface area contributed by atoms with Crippen LogP contribution in [0.4, 0.5) is 13.2 Å². The van der Waals surface area contributed by atoms with Crippen LogP contribution in [0.1, 0.15) is 11.5 Å². The van der Waals surface area contributed by atoms with Crippen molar-refractivity contribution in [3.63, 3.8) is 0 Å². The summed E-state index contributed by atoms with van der Waals surface area (Å²) in [6.45, 7) is -0.594. The predicted octanol–water partition coefficient (Wildman–Crippen LogP) is 0.634. The second-order valence-electron chi connectivity index (χ2n) is 3.80. The molecule has 0 fully saturated rings. The van der Waals surface area contributed by atoms with Crippen LogP contribution in [0.3, 0.4) is 0 Å². The van der Waals surface area contributed by atoms with Gasteiger partial charge in [-0.3, -0.25) is 4.79 Å². The molecule has 1 unspecified atom stereocenters. The van der Waals surface area contributed by atoms with Gasteiger partial charge in [0.15, 0.2) is 21.5 Å². The molecule has 1 atom stereocenters. The molecule has 0 aromatic heterocycles. The lowest BCUT2D eigenvalue weighted by molar-refractivity contribution is -0.138. The van der Waals surface area contributed by atoms with E-state index in [0.717, 1.165) is 0 Å². The number of rotatable bonds is 4. The summed E-state index contributed by atoms with van der Waals surface area (Å²) in [5, 5.41) is 8.75. The van der Waals surface area contributed by atoms with E-state index in [0.29, 0.717) is 12.3 Å². The molecule has 1 aromatic rings. The van der Waals surface area contributed by atoms with Gasteiger partial charge in [-0.05, 0) is 6.07 Å². The molecule has 0 aliphatic carbocycles. The van der Waals surface area contributed by atoms with Crippen molar-refractivity contribution < 1.29 is 31.5 Å². The molecule has 0 aliphatic heterocycles. The first kappa shape index (κ1) is 15.4. The zero-order chi connectivity index (χ0) is 15.0. The first-order valence-corrected chi connectivity index (χ1v) is 6.80. The van der Waals surface area contributed by atoms with Gasteiger partial charge in [0, 0.05) is 18.4 Å². The predicted molar refractivity (Wildman–Crippen MR) is 58.9 cm³/mol. The van der Waals surface area contributed by atoms with Crippen LogP contribution in [0.25, 0.3) is 0 Å². The number of nitrogens with two attached hydrogens (primary N) is 1. The maximum atomic E-state index is 13.6. The maximum absolute atomic E-state index is 13.6. The molecule has 1 rings (SSSR count). The van der Waals surface area contributed by atoms with Crippen LogP contribution in [0.15, 0.2) is 11.0 Å². The van der Waals surface area contributed by atoms with Crippen LogP contribution in [0.2, 0.25) is 0 Å². The summed E-state index contributed by atoms with van der Waals surface area (Å²) in [6, 6.07) is 0.334. The molecule has 0 saturated heterocycles. The average Bonchev–Trinajstić information content (AvgIpc) is 2.23. The molecule has 3 N–H and O–H groups in total. The Morgan fingerprint density at radius 3 is 2.26 bits per heavy atom. The van der Waals surface area contributed by atoms with Crippen molar-refractivity contribution >= 4 is 15.8 Å². The Bertz CT molecular complexity index is 630. The Balaban J connectivity index is 3.63. The van der Waals surface area contributed by atoms with Gasteiger partial charge in [-0.15, -0.1) is 0 Å². The highest BCUT2D eigenvalue weighted by molar-refractivity contribution is 7.90. The van der Waals surface area contributed by atoms with E-state index in [4.69, 9.17) is 10.8 Å². The van der Waals surface area contributed by atoms with Crippen LogP contribution in [-0.4, -0.2) is 32.3 Å². The van der Waals surface area contributed by atoms with Crippen LogP contribution in [0.5, 0.6) is 0 Å². The van der Waals surface area contributed by atoms with Gasteiger partial charge >= 0.3 is 5.97 Å². The van der Waals surface area contributed by atoms with Crippen molar-refractivity contribution in [3.05, 3.63) is 29.1 Å². The van der Waals surface area contributed by atoms with E-state index in [2.05, 4.69) is 0 Å². The van der Waals surface area contributed by atoms with E-state index in [1.54, 1.807) is 0 Å². The second-order valence-corrected chi connectivity index (χ2v) is 5.76. The lowest BCUT2D eigenvalue weighted by Crippen LogP contribution is -2.23. The molecular weight excluding hydrogens is 287 g/mol. The highest BCUT2D eigenvalue weighted by Crippen LogP contribution is 2.28. The third-order valence-corrected chi connectivity index (χ3v) is 3.54. The second kappa shape index (κ2) is 5.17. The van der Waals surface area contributed by atoms with Gasteiger partial charge in [0.2, 0.25) is 0 Å². The van der Waals surface area contributed by atoms with Crippen molar-refractivity contribution in [2.75, 3.05) is 12.8 Å². The van der Waals surface area contributed by atoms with Crippen molar-refractivity contribution in [2.45, 2.75) is 10.8 Å². The molecule has 0 amide bonds. The van der Waals surface area contributed by atoms with Crippen LogP contribution in [-0.2, 0) is 14.6 Å². The minimum atomic E-state index is -4.32. The van der Waals surface area contributed by atoms with Crippen molar-refractivity contribution in [2.24, 2.45) is 5.73 Å². The third-order valence-electron chi connectivity index (χ3n) is 2.42. The number of aliphatic carboxylic acids is 1. The van der Waals surface area contributed by atoms with Crippen LogP contribution in [0, 0.1) is 17.5 Å². The lowest BCUT2D eigenvalue weighted by Gasteiger charge is -2.13. The molecule has 0 bridgehead atoms. The molecule has 19 heavy (non-hydrogen) atoms. The van der Waals surface area contributed by atoms with Gasteiger partial charge < -0.3 is 10.8 Å². The topological polar surface area (TPSA) is 97.5 Å². The van der Waals surface area contributed by atoms with Gasteiger partial charge in [0.05, 0.1) is 5.92 Å². The number of hydrogen-bond acceptors (Lipinski definition) is 4. The van der Waals surface area contributed by atoms with E-state index in [1.807, 2.05) is 0 Å². The molecule has 106 valence electrons. The SMILES string of the molecule is CS(=O)(=O)c1c(F)cc(C(CN)C(=O)O)c(F)c1F. The average molecular weight is 297 g/mol. The Hall–Kier alpha value is -1.61. The van der Waals surface area contributed by atoms with Gasteiger partial charge in [-0.25, -0.2) is 21.6 Å². The third kappa shape index (κ3) is 2.87. The molecule has 5 nitrogen and oxygen atoms in total. The summed E-state index contributed by atoms with van der Waals surface area (Å²) in [7, 11) is -4.32. The van der Waals surface area contributed by atoms with Gasteiger partial charge in [-0.1, -0.05) is 0 Å². The Labute approximate surface area is 106 Å². The summed E-state index contributed by atoms with van der Waals surface area (Å²) in [5.74, 6) is -8.49. The minimum absolute atomic E-state index is 0.334. The normalized spacial score (nSPS) is 13.3. The van der Waals surface area contributed by atoms with Crippen molar-refractivity contribution in [1.82, 2.24) is 0 Å². The smallest absolute Gasteiger partial charge is 0.312 e. The molecule has 0 radical (unpaired) electrons. The number of carboxylic acids is 1. The van der Waals surface area contributed by atoms with E-state index < -0.39 is 56.2 Å². The van der Waals surface area contributed by atoms with Gasteiger partial charge in [-0.2, -0.15) is 0 Å². The maximum Gasteiger partial charge on any atom is 0.312 e. The van der Waals surface area contributed by atoms with Gasteiger partial charge in [0.1, 0.15) is 10.7 Å². The Morgan fingerprint density at radius 2 is 1.89 bits per heavy atom. The number of hydrogen-bond donors (Lipinski definition) is 2. The summed E-state index contributed by atoms with van der Waals surface area (Å²) >= 11 is 0. The Morgan fingerprint density at radius 1 is 1.37 bits per heavy atom. The first-order chi connectivity index (χ1) is 8.61. The Kier molecular flexibility index (Phi) is 4.21. The number of sulfone groups is 1. The molecule has 0 heterocycles. The molecule has 0 saturated carbocycles. The monoisotopic (exact) mass is 297 g/mol. The van der Waals surface area contributed by atoms with Crippen molar-refractivity contribution in [3.8, 4) is 0 Å². The molecule has 0 aliphatic rings. The van der Waals surface area contributed by atoms with Gasteiger partial charge in [0.25, 0.3) is 0 Å². The fraction of sp³-hybridized carbons (Fsp3) is 0.300. The highest BCUT2D eigenvalue weighted by atomic mass is 32.2. The van der Waals surface area contributed by atoms with Crippen molar-refractivity contribution in [1.29, 1.82) is 0 Å². The molecule has 1 aromatic carbocycles. The number of benzene rings is 1. The minimum Gasteiger partial charge on any atom is -0.481 e. The lowest BCUT2D eigenvalue weighted by atomic mass is 9.98. The van der Waals surface area contributed by atoms with Crippen LogP contribution >= 0.6 is 0 Å².